The third kappa shape index (κ3) is 12.3. The highest BCUT2D eigenvalue weighted by Gasteiger charge is 2.25. The maximum Gasteiger partial charge on any atom is 0.332 e. The van der Waals surface area contributed by atoms with E-state index in [4.69, 9.17) is 33.3 Å². The van der Waals surface area contributed by atoms with Crippen LogP contribution in [0.15, 0.2) is 204 Å². The first-order valence-corrected chi connectivity index (χ1v) is 30.4. The molecule has 0 fully saturated rings. The average molecular weight is 1230 g/mol. The van der Waals surface area contributed by atoms with Crippen LogP contribution in [0, 0.1) is 0 Å². The van der Waals surface area contributed by atoms with Gasteiger partial charge in [0.25, 0.3) is 0 Å². The molecule has 0 aliphatic carbocycles. The Morgan fingerprint density at radius 1 is 0.435 bits per heavy atom. The van der Waals surface area contributed by atoms with Crippen LogP contribution in [-0.4, -0.2) is 110 Å². The van der Waals surface area contributed by atoms with E-state index in [0.717, 1.165) is 65.2 Å². The zero-order chi connectivity index (χ0) is 63.8. The van der Waals surface area contributed by atoms with Crippen molar-refractivity contribution in [2.45, 2.75) is 33.9 Å². The number of ether oxygens (including phenoxy) is 6. The second kappa shape index (κ2) is 27.4. The summed E-state index contributed by atoms with van der Waals surface area (Å²) in [6, 6.07) is 61.2. The number of carboxylic acid groups (broad SMARTS) is 1. The van der Waals surface area contributed by atoms with Gasteiger partial charge >= 0.3 is 11.9 Å². The first-order valence-electron chi connectivity index (χ1n) is 30.4. The smallest absolute Gasteiger partial charge is 0.332 e. The summed E-state index contributed by atoms with van der Waals surface area (Å²) in [6.45, 7) is 7.53. The molecule has 12 aromatic rings. The number of nitrogens with zero attached hydrogens (tertiary/aromatic N) is 4. The Morgan fingerprint density at radius 3 is 1.27 bits per heavy atom. The van der Waals surface area contributed by atoms with Crippen molar-refractivity contribution >= 4 is 100 Å². The minimum Gasteiger partial charge on any atom is -0.496 e. The number of fused-ring (bicyclic) bond motifs is 8. The molecular formula is C76H66N4O12. The minimum atomic E-state index is -1.08. The van der Waals surface area contributed by atoms with Crippen molar-refractivity contribution < 1.29 is 57.5 Å². The van der Waals surface area contributed by atoms with Gasteiger partial charge in [-0.05, 0) is 132 Å². The van der Waals surface area contributed by atoms with E-state index in [0.29, 0.717) is 132 Å². The lowest BCUT2D eigenvalue weighted by Gasteiger charge is -2.13. The topological polar surface area (TPSA) is 188 Å². The van der Waals surface area contributed by atoms with Gasteiger partial charge in [0.2, 0.25) is 0 Å². The Hall–Kier alpha value is -10.9. The van der Waals surface area contributed by atoms with E-state index in [-0.39, 0.29) is 11.6 Å². The number of carbonyl (C=O) groups is 4. The van der Waals surface area contributed by atoms with Gasteiger partial charge in [-0.15, -0.1) is 0 Å². The molecule has 0 amide bonds. The summed E-state index contributed by atoms with van der Waals surface area (Å²) in [4.78, 5) is 63.8. The number of rotatable bonds is 26. The molecule has 0 unspecified atom stereocenters. The molecule has 16 nitrogen and oxygen atoms in total. The van der Waals surface area contributed by atoms with Crippen molar-refractivity contribution in [1.82, 2.24) is 9.13 Å². The molecule has 16 heteroatoms. The lowest BCUT2D eigenvalue weighted by Crippen LogP contribution is -2.13. The van der Waals surface area contributed by atoms with Crippen LogP contribution in [0.2, 0.25) is 0 Å². The number of carbonyl (C=O) groups excluding carboxylic acids is 3. The summed E-state index contributed by atoms with van der Waals surface area (Å²) in [5.41, 5.74) is 8.80. The van der Waals surface area contributed by atoms with Crippen LogP contribution >= 0.6 is 0 Å². The number of aromatic nitrogens is 2. The van der Waals surface area contributed by atoms with E-state index in [1.807, 2.05) is 208 Å². The first-order chi connectivity index (χ1) is 45.0. The number of methoxy groups -OCH3 is 2. The fraction of sp³-hybridized carbons (Fsp3) is 0.184. The molecule has 92 heavy (non-hydrogen) atoms. The summed E-state index contributed by atoms with van der Waals surface area (Å²) in [6.07, 6.45) is 0. The maximum atomic E-state index is 14.9. The molecular weight excluding hydrogens is 1160 g/mol. The van der Waals surface area contributed by atoms with Crippen molar-refractivity contribution in [3.05, 3.63) is 239 Å². The van der Waals surface area contributed by atoms with Crippen LogP contribution in [0.25, 0.3) is 65.2 Å². The van der Waals surface area contributed by atoms with Crippen LogP contribution in [0.3, 0.4) is 0 Å². The van der Waals surface area contributed by atoms with Crippen LogP contribution < -0.4 is 18.9 Å². The van der Waals surface area contributed by atoms with Gasteiger partial charge in [-0.3, -0.25) is 19.4 Å². The van der Waals surface area contributed by atoms with Gasteiger partial charge in [-0.1, -0.05) is 102 Å². The molecule has 0 aliphatic rings. The Labute approximate surface area is 530 Å². The standard InChI is InChI=1S/C76H66N4O12/c1-6-90-68-34-28-48-16-8-10-18-54(48)71(68)75(84)52-26-32-64-60(44-52)58-42-50(73(77-46-70(82)83)56-20-12-14-22-66(56)86-4)24-30-62(58)79(64)36-38-88-40-41-89-39-37-80-63-31-25-51(74(78-92-47(3)81)57-21-13-15-23-67(57)87-5)43-59(63)61-45-53(27-33-65(61)80)76(85)72-55-19-11-9-17-49(55)29-35-69(72)91-7-2/h8-35,42-45H,6-7,36-41,46H2,1-5H3,(H,82,83). The van der Waals surface area contributed by atoms with E-state index in [2.05, 4.69) is 19.3 Å². The molecule has 462 valence electrons. The number of ketones is 2. The van der Waals surface area contributed by atoms with E-state index in [1.54, 1.807) is 14.2 Å². The summed E-state index contributed by atoms with van der Waals surface area (Å²) in [7, 11) is 3.14. The van der Waals surface area contributed by atoms with Crippen molar-refractivity contribution in [3.63, 3.8) is 0 Å². The van der Waals surface area contributed by atoms with Crippen LogP contribution in [0.1, 0.15) is 74.9 Å². The maximum absolute atomic E-state index is 14.9. The molecule has 2 aromatic heterocycles. The Morgan fingerprint density at radius 2 is 0.837 bits per heavy atom. The number of carboxylic acids is 1. The zero-order valence-corrected chi connectivity index (χ0v) is 51.6. The predicted octanol–water partition coefficient (Wildman–Crippen LogP) is 14.5. The highest BCUT2D eigenvalue weighted by Crippen LogP contribution is 2.38. The molecule has 1 N–H and O–H groups in total. The Balaban J connectivity index is 0.825. The van der Waals surface area contributed by atoms with Gasteiger partial charge in [-0.25, -0.2) is 4.79 Å². The van der Waals surface area contributed by atoms with Gasteiger partial charge in [-0.2, -0.15) is 0 Å². The van der Waals surface area contributed by atoms with E-state index in [1.165, 1.54) is 6.92 Å². The number of benzene rings is 10. The van der Waals surface area contributed by atoms with Gasteiger partial charge < -0.3 is 47.5 Å². The predicted molar refractivity (Wildman–Crippen MR) is 359 cm³/mol. The van der Waals surface area contributed by atoms with Gasteiger partial charge in [0.15, 0.2) is 11.6 Å². The molecule has 12 rings (SSSR count). The van der Waals surface area contributed by atoms with Crippen LogP contribution in [0.5, 0.6) is 23.0 Å². The fourth-order valence-electron chi connectivity index (χ4n) is 12.2. The summed E-state index contributed by atoms with van der Waals surface area (Å²) < 4.78 is 40.6. The normalized spacial score (nSPS) is 11.9. The molecule has 0 spiro atoms. The third-order valence-electron chi connectivity index (χ3n) is 16.3. The summed E-state index contributed by atoms with van der Waals surface area (Å²) in [5, 5.41) is 20.9. The van der Waals surface area contributed by atoms with Crippen molar-refractivity contribution in [2.75, 3.05) is 60.4 Å². The molecule has 0 saturated heterocycles. The lowest BCUT2D eigenvalue weighted by molar-refractivity contribution is -0.141. The number of para-hydroxylation sites is 2. The molecule has 10 aromatic carbocycles. The molecule has 0 atom stereocenters. The average Bonchev–Trinajstić information content (AvgIpc) is 1.58. The number of hydrogen-bond acceptors (Lipinski definition) is 13. The molecule has 0 radical (unpaired) electrons. The van der Waals surface area contributed by atoms with Crippen molar-refractivity contribution in [1.29, 1.82) is 0 Å². The molecule has 0 saturated carbocycles. The van der Waals surface area contributed by atoms with Crippen LogP contribution in [-0.2, 0) is 37.0 Å². The highest BCUT2D eigenvalue weighted by molar-refractivity contribution is 6.24. The molecule has 2 heterocycles. The second-order valence-electron chi connectivity index (χ2n) is 21.8. The van der Waals surface area contributed by atoms with Gasteiger partial charge in [0.1, 0.15) is 35.3 Å². The SMILES string of the molecule is CCOc1ccc2ccccc2c1C(=O)c1ccc2c(c1)c1cc(C(=NCC(=O)O)c3ccccc3OC)ccc1n2CCOCCOCCn1c2ccc(C(=O)c3c(OCC)ccc4ccccc34)cc2c2cc(C(=NOC(C)=O)c3ccccc3OC)ccc21. The van der Waals surface area contributed by atoms with Gasteiger partial charge in [0.05, 0.1) is 70.7 Å². The largest absolute Gasteiger partial charge is 0.496 e. The quantitative estimate of drug-likeness (QED) is 0.0178. The number of hydrogen-bond donors (Lipinski definition) is 1. The Kier molecular flexibility index (Phi) is 18.3. The van der Waals surface area contributed by atoms with Crippen molar-refractivity contribution in [3.8, 4) is 23.0 Å². The van der Waals surface area contributed by atoms with Gasteiger partial charge in [0, 0.05) is 97.0 Å². The Bertz CT molecular complexity index is 4600. The van der Waals surface area contributed by atoms with E-state index in [9.17, 15) is 24.3 Å². The number of aliphatic carboxylic acids is 1. The van der Waals surface area contributed by atoms with Crippen LogP contribution in [0.4, 0.5) is 0 Å². The third-order valence-corrected chi connectivity index (χ3v) is 16.3. The number of aliphatic imine (C=N–C) groups is 1. The second-order valence-corrected chi connectivity index (χ2v) is 21.8. The van der Waals surface area contributed by atoms with E-state index >= 15 is 0 Å². The lowest BCUT2D eigenvalue weighted by atomic mass is 9.95. The number of oxime groups is 1. The highest BCUT2D eigenvalue weighted by atomic mass is 16.7. The zero-order valence-electron chi connectivity index (χ0n) is 51.6. The fourth-order valence-corrected chi connectivity index (χ4v) is 12.2. The molecule has 0 aliphatic heterocycles. The van der Waals surface area contributed by atoms with E-state index < -0.39 is 18.5 Å². The first kappa shape index (κ1) is 61.3. The summed E-state index contributed by atoms with van der Waals surface area (Å²) >= 11 is 0. The summed E-state index contributed by atoms with van der Waals surface area (Å²) in [5.74, 6) is 0.0663. The monoisotopic (exact) mass is 1230 g/mol. The van der Waals surface area contributed by atoms with Crippen molar-refractivity contribution in [2.24, 2.45) is 10.1 Å². The minimum absolute atomic E-state index is 0.181. The molecule has 0 bridgehead atoms.